The number of aryl methyl sites for hydroxylation is 3. The number of ether oxygens (including phenoxy) is 1. The molecule has 0 spiro atoms. The molecule has 1 aromatic heterocycles. The predicted octanol–water partition coefficient (Wildman–Crippen LogP) is 3.03. The van der Waals surface area contributed by atoms with Crippen LogP contribution in [0.4, 0.5) is 0 Å². The highest BCUT2D eigenvalue weighted by molar-refractivity contribution is 6.01. The van der Waals surface area contributed by atoms with E-state index in [4.69, 9.17) is 0 Å². The van der Waals surface area contributed by atoms with E-state index in [0.29, 0.717) is 28.1 Å². The predicted molar refractivity (Wildman–Crippen MR) is 118 cm³/mol. The fourth-order valence-electron chi connectivity index (χ4n) is 3.15. The average molecular weight is 420 g/mol. The Morgan fingerprint density at radius 2 is 1.65 bits per heavy atom. The van der Waals surface area contributed by atoms with Gasteiger partial charge in [-0.1, -0.05) is 6.07 Å². The lowest BCUT2D eigenvalue weighted by Gasteiger charge is -2.05. The van der Waals surface area contributed by atoms with Gasteiger partial charge in [0, 0.05) is 11.3 Å². The molecule has 3 aromatic rings. The number of amides is 1. The van der Waals surface area contributed by atoms with E-state index in [9.17, 15) is 14.4 Å². The number of carbonyl (C=O) groups excluding carboxylic acids is 2. The van der Waals surface area contributed by atoms with Crippen molar-refractivity contribution in [3.05, 3.63) is 86.3 Å². The van der Waals surface area contributed by atoms with Gasteiger partial charge in [-0.25, -0.2) is 14.9 Å². The number of nitrogens with one attached hydrogen (secondary N) is 2. The van der Waals surface area contributed by atoms with Gasteiger partial charge in [0.05, 0.1) is 29.6 Å². The maximum absolute atomic E-state index is 13.0. The quantitative estimate of drug-likeness (QED) is 0.376. The lowest BCUT2D eigenvalue weighted by molar-refractivity contribution is 0.0600. The van der Waals surface area contributed by atoms with Crippen molar-refractivity contribution >= 4 is 17.6 Å². The summed E-state index contributed by atoms with van der Waals surface area (Å²) in [5, 5.41) is 7.16. The van der Waals surface area contributed by atoms with Crippen LogP contribution in [0.2, 0.25) is 0 Å². The molecule has 0 aliphatic heterocycles. The Labute approximate surface area is 179 Å². The van der Waals surface area contributed by atoms with Crippen LogP contribution in [0.3, 0.4) is 0 Å². The van der Waals surface area contributed by atoms with E-state index in [1.807, 2.05) is 32.0 Å². The molecule has 0 radical (unpaired) electrons. The van der Waals surface area contributed by atoms with E-state index in [0.717, 1.165) is 16.8 Å². The first-order valence-corrected chi connectivity index (χ1v) is 9.65. The van der Waals surface area contributed by atoms with Gasteiger partial charge in [0.25, 0.3) is 11.5 Å². The van der Waals surface area contributed by atoms with Crippen molar-refractivity contribution in [2.24, 2.45) is 5.10 Å². The van der Waals surface area contributed by atoms with Crippen LogP contribution in [0, 0.1) is 20.8 Å². The summed E-state index contributed by atoms with van der Waals surface area (Å²) in [5.74, 6) is -0.942. The fourth-order valence-corrected chi connectivity index (χ4v) is 3.15. The second-order valence-corrected chi connectivity index (χ2v) is 7.23. The van der Waals surface area contributed by atoms with E-state index < -0.39 is 11.9 Å². The summed E-state index contributed by atoms with van der Waals surface area (Å²) in [7, 11) is 1.29. The van der Waals surface area contributed by atoms with Crippen LogP contribution in [-0.4, -0.2) is 34.5 Å². The van der Waals surface area contributed by atoms with Gasteiger partial charge in [-0.2, -0.15) is 5.10 Å². The first kappa shape index (κ1) is 21.8. The minimum atomic E-state index is -0.483. The number of rotatable bonds is 5. The molecule has 3 rings (SSSR count). The zero-order chi connectivity index (χ0) is 22.7. The van der Waals surface area contributed by atoms with E-state index >= 15 is 0 Å². The van der Waals surface area contributed by atoms with Gasteiger partial charge < -0.3 is 4.74 Å². The lowest BCUT2D eigenvalue weighted by Crippen LogP contribution is -2.23. The Morgan fingerprint density at radius 3 is 2.26 bits per heavy atom. The van der Waals surface area contributed by atoms with Crippen molar-refractivity contribution in [2.45, 2.75) is 27.7 Å². The highest BCUT2D eigenvalue weighted by Gasteiger charge is 2.16. The molecular weight excluding hydrogens is 396 g/mol. The highest BCUT2D eigenvalue weighted by atomic mass is 16.5. The van der Waals surface area contributed by atoms with Crippen LogP contribution in [0.1, 0.15) is 50.0 Å². The molecule has 1 amide bonds. The molecule has 31 heavy (non-hydrogen) atoms. The van der Waals surface area contributed by atoms with Crippen molar-refractivity contribution in [3.8, 4) is 5.69 Å². The molecule has 0 bridgehead atoms. The molecular formula is C23H24N4O4. The summed E-state index contributed by atoms with van der Waals surface area (Å²) in [6.45, 7) is 7.43. The van der Waals surface area contributed by atoms with E-state index in [1.54, 1.807) is 13.8 Å². The summed E-state index contributed by atoms with van der Waals surface area (Å²) in [4.78, 5) is 36.8. The Bertz CT molecular complexity index is 1230. The number of carbonyl (C=O) groups is 2. The number of hydrazone groups is 1. The topological polar surface area (TPSA) is 106 Å². The minimum absolute atomic E-state index is 0.251. The van der Waals surface area contributed by atoms with E-state index in [2.05, 4.69) is 20.4 Å². The van der Waals surface area contributed by atoms with Gasteiger partial charge in [0.2, 0.25) is 0 Å². The first-order chi connectivity index (χ1) is 14.7. The van der Waals surface area contributed by atoms with Gasteiger partial charge >= 0.3 is 5.97 Å². The zero-order valence-corrected chi connectivity index (χ0v) is 18.1. The van der Waals surface area contributed by atoms with Crippen LogP contribution in [0.5, 0.6) is 0 Å². The molecule has 0 fully saturated rings. The number of nitrogens with zero attached hydrogens (tertiary/aromatic N) is 2. The van der Waals surface area contributed by atoms with Gasteiger partial charge in [0.1, 0.15) is 0 Å². The first-order valence-electron chi connectivity index (χ1n) is 9.65. The maximum Gasteiger partial charge on any atom is 0.337 e. The number of benzene rings is 2. The third-order valence-corrected chi connectivity index (χ3v) is 5.08. The fraction of sp³-hybridized carbons (Fsp3) is 0.217. The number of hydrogen-bond donors (Lipinski definition) is 2. The monoisotopic (exact) mass is 420 g/mol. The van der Waals surface area contributed by atoms with Gasteiger partial charge in [-0.15, -0.1) is 0 Å². The van der Waals surface area contributed by atoms with Crippen LogP contribution >= 0.6 is 0 Å². The lowest BCUT2D eigenvalue weighted by atomic mass is 10.1. The number of esters is 1. The van der Waals surface area contributed by atoms with Crippen LogP contribution < -0.4 is 11.0 Å². The van der Waals surface area contributed by atoms with Crippen molar-refractivity contribution in [1.29, 1.82) is 0 Å². The maximum atomic E-state index is 13.0. The van der Waals surface area contributed by atoms with Crippen molar-refractivity contribution in [1.82, 2.24) is 15.2 Å². The number of methoxy groups -OCH3 is 1. The average Bonchev–Trinajstić information content (AvgIpc) is 3.07. The summed E-state index contributed by atoms with van der Waals surface area (Å²) in [6.07, 6.45) is 0. The van der Waals surface area contributed by atoms with Crippen molar-refractivity contribution in [2.75, 3.05) is 7.11 Å². The molecule has 0 aliphatic rings. The van der Waals surface area contributed by atoms with Crippen LogP contribution in [0.25, 0.3) is 5.69 Å². The van der Waals surface area contributed by atoms with Crippen LogP contribution in [0.15, 0.2) is 52.4 Å². The standard InChI is InChI=1S/C23H24N4O4/c1-13-6-11-19(12-14(13)2)27-22(29)20(16(4)26-27)15(3)24-25-21(28)17-7-9-18(10-8-17)23(30)31-5/h6-12,26H,1-5H3,(H,25,28)/b24-15+. The van der Waals surface area contributed by atoms with Crippen LogP contribution in [-0.2, 0) is 4.74 Å². The van der Waals surface area contributed by atoms with Gasteiger partial charge in [0.15, 0.2) is 0 Å². The summed E-state index contributed by atoms with van der Waals surface area (Å²) >= 11 is 0. The molecule has 0 atom stereocenters. The van der Waals surface area contributed by atoms with Crippen molar-refractivity contribution < 1.29 is 14.3 Å². The van der Waals surface area contributed by atoms with Crippen molar-refractivity contribution in [3.63, 3.8) is 0 Å². The largest absolute Gasteiger partial charge is 0.465 e. The molecule has 1 heterocycles. The number of hydrogen-bond acceptors (Lipinski definition) is 5. The Balaban J connectivity index is 1.82. The summed E-state index contributed by atoms with van der Waals surface area (Å²) in [5.41, 5.74) is 7.21. The smallest absolute Gasteiger partial charge is 0.337 e. The molecule has 160 valence electrons. The summed E-state index contributed by atoms with van der Waals surface area (Å²) in [6, 6.07) is 11.8. The molecule has 8 nitrogen and oxygen atoms in total. The molecule has 0 saturated heterocycles. The normalized spacial score (nSPS) is 11.3. The summed E-state index contributed by atoms with van der Waals surface area (Å²) < 4.78 is 6.10. The van der Waals surface area contributed by atoms with Gasteiger partial charge in [-0.05, 0) is 75.2 Å². The number of aromatic amines is 1. The van der Waals surface area contributed by atoms with E-state index in [1.165, 1.54) is 36.1 Å². The highest BCUT2D eigenvalue weighted by Crippen LogP contribution is 2.13. The second-order valence-electron chi connectivity index (χ2n) is 7.23. The third kappa shape index (κ3) is 4.48. The Hall–Kier alpha value is -3.94. The minimum Gasteiger partial charge on any atom is -0.465 e. The molecule has 0 saturated carbocycles. The second kappa shape index (κ2) is 8.83. The number of aromatic nitrogens is 2. The Kier molecular flexibility index (Phi) is 6.20. The molecule has 2 aromatic carbocycles. The van der Waals surface area contributed by atoms with Gasteiger partial charge in [-0.3, -0.25) is 14.7 Å². The Morgan fingerprint density at radius 1 is 1.00 bits per heavy atom. The molecule has 8 heteroatoms. The number of H-pyrrole nitrogens is 1. The molecule has 0 unspecified atom stereocenters. The molecule has 0 aliphatic carbocycles. The zero-order valence-electron chi connectivity index (χ0n) is 18.1. The third-order valence-electron chi connectivity index (χ3n) is 5.08. The molecule has 2 N–H and O–H groups in total. The SMILES string of the molecule is COC(=O)c1ccc(C(=O)N/N=C(\C)c2c(C)[nH]n(-c3ccc(C)c(C)c3)c2=O)cc1. The van der Waals surface area contributed by atoms with E-state index in [-0.39, 0.29) is 5.56 Å².